The van der Waals surface area contributed by atoms with Crippen molar-refractivity contribution in [2.75, 3.05) is 7.11 Å². The molecule has 0 N–H and O–H groups in total. The Morgan fingerprint density at radius 1 is 1.12 bits per heavy atom. The number of aromatic nitrogens is 2. The van der Waals surface area contributed by atoms with Crippen LogP contribution in [0.3, 0.4) is 0 Å². The SMILES string of the molecule is COc1ccccc1C1=N/C(=C/c2ccc(-n3ccnc3)cc2)C(=O)O1. The standard InChI is InChI=1S/C20H15N3O3/c1-25-18-5-3-2-4-16(18)19-22-17(20(24)26-19)12-14-6-8-15(9-7-14)23-11-10-21-13-23/h2-13H,1H3/b17-12+. The Balaban J connectivity index is 1.63. The van der Waals surface area contributed by atoms with Crippen LogP contribution in [-0.2, 0) is 9.53 Å². The maximum Gasteiger partial charge on any atom is 0.363 e. The van der Waals surface area contributed by atoms with Crippen molar-refractivity contribution < 1.29 is 14.3 Å². The van der Waals surface area contributed by atoms with Gasteiger partial charge in [-0.1, -0.05) is 24.3 Å². The van der Waals surface area contributed by atoms with Crippen LogP contribution in [0.1, 0.15) is 11.1 Å². The van der Waals surface area contributed by atoms with Gasteiger partial charge in [-0.15, -0.1) is 0 Å². The number of imidazole rings is 1. The fraction of sp³-hybridized carbons (Fsp3) is 0.0500. The van der Waals surface area contributed by atoms with Gasteiger partial charge in [-0.3, -0.25) is 0 Å². The lowest BCUT2D eigenvalue weighted by Crippen LogP contribution is -2.06. The summed E-state index contributed by atoms with van der Waals surface area (Å²) in [6.07, 6.45) is 7.01. The van der Waals surface area contributed by atoms with Crippen molar-refractivity contribution >= 4 is 17.9 Å². The van der Waals surface area contributed by atoms with Crippen molar-refractivity contribution in [2.45, 2.75) is 0 Å². The first-order valence-corrected chi connectivity index (χ1v) is 7.99. The maximum atomic E-state index is 12.2. The van der Waals surface area contributed by atoms with E-state index in [1.807, 2.05) is 47.2 Å². The summed E-state index contributed by atoms with van der Waals surface area (Å²) in [7, 11) is 1.56. The quantitative estimate of drug-likeness (QED) is 0.538. The first-order chi connectivity index (χ1) is 12.7. The number of aliphatic imine (C=N–C) groups is 1. The van der Waals surface area contributed by atoms with Crippen LogP contribution in [0.15, 0.2) is 77.9 Å². The maximum absolute atomic E-state index is 12.2. The smallest absolute Gasteiger partial charge is 0.363 e. The second-order valence-electron chi connectivity index (χ2n) is 5.60. The van der Waals surface area contributed by atoms with Crippen LogP contribution >= 0.6 is 0 Å². The number of benzene rings is 2. The summed E-state index contributed by atoms with van der Waals surface area (Å²) in [5.41, 5.74) is 2.73. The van der Waals surface area contributed by atoms with Crippen molar-refractivity contribution in [1.82, 2.24) is 9.55 Å². The number of carbonyl (C=O) groups excluding carboxylic acids is 1. The summed E-state index contributed by atoms with van der Waals surface area (Å²) in [5, 5.41) is 0. The van der Waals surface area contributed by atoms with Gasteiger partial charge in [0.15, 0.2) is 5.70 Å². The summed E-state index contributed by atoms with van der Waals surface area (Å²) in [6, 6.07) is 15.0. The minimum Gasteiger partial charge on any atom is -0.496 e. The summed E-state index contributed by atoms with van der Waals surface area (Å²) in [5.74, 6) is 0.364. The molecular weight excluding hydrogens is 330 g/mol. The van der Waals surface area contributed by atoms with Crippen LogP contribution in [0.2, 0.25) is 0 Å². The third kappa shape index (κ3) is 3.00. The molecule has 0 unspecified atom stereocenters. The zero-order valence-corrected chi connectivity index (χ0v) is 14.0. The molecule has 26 heavy (non-hydrogen) atoms. The van der Waals surface area contributed by atoms with E-state index in [0.717, 1.165) is 11.3 Å². The van der Waals surface area contributed by atoms with Crippen LogP contribution in [0.25, 0.3) is 11.8 Å². The third-order valence-electron chi connectivity index (χ3n) is 3.96. The Bertz CT molecular complexity index is 1000. The number of carbonyl (C=O) groups is 1. The molecule has 0 bridgehead atoms. The zero-order chi connectivity index (χ0) is 17.9. The number of nitrogens with zero attached hydrogens (tertiary/aromatic N) is 3. The molecular formula is C20H15N3O3. The molecule has 0 amide bonds. The van der Waals surface area contributed by atoms with Gasteiger partial charge in [0.2, 0.25) is 5.90 Å². The summed E-state index contributed by atoms with van der Waals surface area (Å²) in [4.78, 5) is 20.5. The fourth-order valence-corrected chi connectivity index (χ4v) is 2.66. The van der Waals surface area contributed by atoms with E-state index in [1.54, 1.807) is 37.8 Å². The Hall–Kier alpha value is -3.67. The van der Waals surface area contributed by atoms with Crippen LogP contribution in [-0.4, -0.2) is 28.5 Å². The highest BCUT2D eigenvalue weighted by Crippen LogP contribution is 2.25. The molecule has 6 heteroatoms. The van der Waals surface area contributed by atoms with E-state index in [9.17, 15) is 4.79 Å². The molecule has 128 valence electrons. The molecule has 0 saturated carbocycles. The molecule has 1 aliphatic heterocycles. The van der Waals surface area contributed by atoms with E-state index >= 15 is 0 Å². The van der Waals surface area contributed by atoms with Crippen LogP contribution in [0.5, 0.6) is 5.75 Å². The first-order valence-electron chi connectivity index (χ1n) is 7.99. The number of hydrogen-bond acceptors (Lipinski definition) is 5. The minimum atomic E-state index is -0.482. The Morgan fingerprint density at radius 2 is 1.92 bits per heavy atom. The average Bonchev–Trinajstić information content (AvgIpc) is 3.33. The molecule has 0 aliphatic carbocycles. The molecule has 6 nitrogen and oxygen atoms in total. The topological polar surface area (TPSA) is 65.7 Å². The third-order valence-corrected chi connectivity index (χ3v) is 3.96. The highest BCUT2D eigenvalue weighted by atomic mass is 16.6. The molecule has 4 rings (SSSR count). The Kier molecular flexibility index (Phi) is 4.07. The van der Waals surface area contributed by atoms with Gasteiger partial charge in [0, 0.05) is 18.1 Å². The zero-order valence-electron chi connectivity index (χ0n) is 14.0. The Labute approximate surface area is 150 Å². The van der Waals surface area contributed by atoms with E-state index in [4.69, 9.17) is 9.47 Å². The van der Waals surface area contributed by atoms with Gasteiger partial charge in [-0.2, -0.15) is 0 Å². The van der Waals surface area contributed by atoms with Crippen molar-refractivity contribution in [1.29, 1.82) is 0 Å². The number of rotatable bonds is 4. The highest BCUT2D eigenvalue weighted by Gasteiger charge is 2.26. The van der Waals surface area contributed by atoms with Gasteiger partial charge in [0.25, 0.3) is 0 Å². The molecule has 1 aromatic heterocycles. The van der Waals surface area contributed by atoms with Gasteiger partial charge < -0.3 is 14.0 Å². The van der Waals surface area contributed by atoms with Gasteiger partial charge in [0.05, 0.1) is 19.0 Å². The van der Waals surface area contributed by atoms with E-state index in [2.05, 4.69) is 9.98 Å². The average molecular weight is 345 g/mol. The minimum absolute atomic E-state index is 0.244. The van der Waals surface area contributed by atoms with Gasteiger partial charge in [-0.05, 0) is 35.9 Å². The first kappa shape index (κ1) is 15.8. The van der Waals surface area contributed by atoms with Crippen molar-refractivity contribution in [3.8, 4) is 11.4 Å². The number of methoxy groups -OCH3 is 1. The molecule has 1 aliphatic rings. The molecule has 3 aromatic rings. The van der Waals surface area contributed by atoms with Crippen molar-refractivity contribution in [2.24, 2.45) is 4.99 Å². The molecule has 2 aromatic carbocycles. The number of para-hydroxylation sites is 1. The van der Waals surface area contributed by atoms with Gasteiger partial charge >= 0.3 is 5.97 Å². The highest BCUT2D eigenvalue weighted by molar-refractivity contribution is 6.13. The number of hydrogen-bond donors (Lipinski definition) is 0. The van der Waals surface area contributed by atoms with Crippen LogP contribution in [0, 0.1) is 0 Å². The van der Waals surface area contributed by atoms with Crippen molar-refractivity contribution in [3.05, 3.63) is 84.1 Å². The molecule has 0 radical (unpaired) electrons. The molecule has 0 atom stereocenters. The normalized spacial score (nSPS) is 15.0. The van der Waals surface area contributed by atoms with E-state index in [-0.39, 0.29) is 11.6 Å². The van der Waals surface area contributed by atoms with Gasteiger partial charge in [-0.25, -0.2) is 14.8 Å². The van der Waals surface area contributed by atoms with E-state index in [0.29, 0.717) is 11.3 Å². The number of cyclic esters (lactones) is 1. The number of esters is 1. The summed E-state index contributed by atoms with van der Waals surface area (Å²) >= 11 is 0. The molecule has 0 spiro atoms. The lowest BCUT2D eigenvalue weighted by atomic mass is 10.1. The monoisotopic (exact) mass is 345 g/mol. The largest absolute Gasteiger partial charge is 0.496 e. The fourth-order valence-electron chi connectivity index (χ4n) is 2.66. The second kappa shape index (κ2) is 6.68. The van der Waals surface area contributed by atoms with Crippen molar-refractivity contribution in [3.63, 3.8) is 0 Å². The lowest BCUT2D eigenvalue weighted by molar-refractivity contribution is -0.129. The predicted octanol–water partition coefficient (Wildman–Crippen LogP) is 3.23. The van der Waals surface area contributed by atoms with Crippen LogP contribution < -0.4 is 4.74 Å². The number of ether oxygens (including phenoxy) is 2. The second-order valence-corrected chi connectivity index (χ2v) is 5.60. The predicted molar refractivity (Wildman–Crippen MR) is 97.2 cm³/mol. The lowest BCUT2D eigenvalue weighted by Gasteiger charge is -2.05. The van der Waals surface area contributed by atoms with E-state index in [1.165, 1.54) is 0 Å². The molecule has 2 heterocycles. The van der Waals surface area contributed by atoms with Gasteiger partial charge in [0.1, 0.15) is 5.75 Å². The Morgan fingerprint density at radius 3 is 2.65 bits per heavy atom. The summed E-state index contributed by atoms with van der Waals surface area (Å²) in [6.45, 7) is 0. The van der Waals surface area contributed by atoms with Crippen LogP contribution in [0.4, 0.5) is 0 Å². The molecule has 0 saturated heterocycles. The summed E-state index contributed by atoms with van der Waals surface area (Å²) < 4.78 is 12.5. The molecule has 0 fully saturated rings. The van der Waals surface area contributed by atoms with E-state index < -0.39 is 5.97 Å².